The molecule has 1 unspecified atom stereocenters. The van der Waals surface area contributed by atoms with Crippen molar-refractivity contribution in [1.82, 2.24) is 0 Å². The minimum atomic E-state index is -0.717. The van der Waals surface area contributed by atoms with Crippen molar-refractivity contribution in [3.05, 3.63) is 24.3 Å². The Morgan fingerprint density at radius 1 is 1.11 bits per heavy atom. The highest BCUT2D eigenvalue weighted by molar-refractivity contribution is 5.87. The monoisotopic (exact) mass is 254 g/mol. The van der Waals surface area contributed by atoms with Crippen LogP contribution in [0.2, 0.25) is 0 Å². The lowest BCUT2D eigenvalue weighted by Crippen LogP contribution is -2.33. The third-order valence-electron chi connectivity index (χ3n) is 2.15. The largest absolute Gasteiger partial charge is 0.459 e. The molecule has 0 fully saturated rings. The highest BCUT2D eigenvalue weighted by Gasteiger charge is 2.27. The second-order valence-electron chi connectivity index (χ2n) is 5.13. The van der Waals surface area contributed by atoms with E-state index in [-0.39, 0.29) is 6.10 Å². The Bertz CT molecular complexity index is 366. The zero-order chi connectivity index (χ0) is 14.5. The van der Waals surface area contributed by atoms with E-state index >= 15 is 0 Å². The molecule has 4 nitrogen and oxygen atoms in total. The maximum absolute atomic E-state index is 11.4. The zero-order valence-electron chi connectivity index (χ0n) is 11.8. The first-order chi connectivity index (χ1) is 8.05. The predicted octanol–water partition coefficient (Wildman–Crippen LogP) is 2.78. The summed E-state index contributed by atoms with van der Waals surface area (Å²) in [6.45, 7) is 15.5. The molecule has 0 saturated carbocycles. The summed E-state index contributed by atoms with van der Waals surface area (Å²) in [5, 5.41) is 0. The first-order valence-electron chi connectivity index (χ1n) is 5.80. The van der Waals surface area contributed by atoms with Crippen molar-refractivity contribution >= 4 is 11.9 Å². The molecule has 0 aliphatic heterocycles. The quantitative estimate of drug-likeness (QED) is 0.540. The number of esters is 2. The van der Waals surface area contributed by atoms with Crippen LogP contribution in [0.3, 0.4) is 0 Å². The van der Waals surface area contributed by atoms with Crippen LogP contribution in [0.15, 0.2) is 24.3 Å². The van der Waals surface area contributed by atoms with Crippen LogP contribution < -0.4 is 0 Å². The van der Waals surface area contributed by atoms with Crippen molar-refractivity contribution in [3.63, 3.8) is 0 Å². The molecule has 1 atom stereocenters. The van der Waals surface area contributed by atoms with Crippen LogP contribution in [0, 0.1) is 0 Å². The number of hydrogen-bond acceptors (Lipinski definition) is 4. The molecule has 0 N–H and O–H groups in total. The van der Waals surface area contributed by atoms with Gasteiger partial charge in [0.1, 0.15) is 11.7 Å². The van der Waals surface area contributed by atoms with Crippen LogP contribution in [0.1, 0.15) is 41.0 Å². The molecule has 18 heavy (non-hydrogen) atoms. The number of rotatable bonds is 6. The van der Waals surface area contributed by atoms with Gasteiger partial charge in [0.25, 0.3) is 0 Å². The van der Waals surface area contributed by atoms with E-state index in [4.69, 9.17) is 9.47 Å². The van der Waals surface area contributed by atoms with E-state index in [9.17, 15) is 9.59 Å². The van der Waals surface area contributed by atoms with Crippen molar-refractivity contribution < 1.29 is 19.1 Å². The van der Waals surface area contributed by atoms with E-state index in [1.165, 1.54) is 0 Å². The summed E-state index contributed by atoms with van der Waals surface area (Å²) in [5.41, 5.74) is -0.0293. The Kier molecular flexibility index (Phi) is 5.82. The van der Waals surface area contributed by atoms with Gasteiger partial charge < -0.3 is 9.47 Å². The standard InChI is InChI=1S/C14H22O4/c1-9(2)12(15)17-11(5)8-14(6,7)18-13(16)10(3)4/h11H,1,3,8H2,2,4-7H3. The van der Waals surface area contributed by atoms with E-state index in [1.54, 1.807) is 34.6 Å². The summed E-state index contributed by atoms with van der Waals surface area (Å²) in [7, 11) is 0. The van der Waals surface area contributed by atoms with Crippen LogP contribution >= 0.6 is 0 Å². The predicted molar refractivity (Wildman–Crippen MR) is 70.0 cm³/mol. The van der Waals surface area contributed by atoms with Crippen molar-refractivity contribution in [3.8, 4) is 0 Å². The van der Waals surface area contributed by atoms with Crippen molar-refractivity contribution in [1.29, 1.82) is 0 Å². The van der Waals surface area contributed by atoms with Gasteiger partial charge in [-0.1, -0.05) is 13.2 Å². The van der Waals surface area contributed by atoms with Gasteiger partial charge in [0.05, 0.1) is 0 Å². The number of hydrogen-bond donors (Lipinski definition) is 0. The first kappa shape index (κ1) is 16.4. The molecular weight excluding hydrogens is 232 g/mol. The molecule has 0 aromatic rings. The second-order valence-corrected chi connectivity index (χ2v) is 5.13. The van der Waals surface area contributed by atoms with Crippen LogP contribution in [-0.4, -0.2) is 23.6 Å². The van der Waals surface area contributed by atoms with E-state index in [2.05, 4.69) is 13.2 Å². The summed E-state index contributed by atoms with van der Waals surface area (Å²) in [4.78, 5) is 22.8. The minimum Gasteiger partial charge on any atom is -0.459 e. The molecule has 0 aromatic heterocycles. The molecule has 102 valence electrons. The zero-order valence-corrected chi connectivity index (χ0v) is 11.8. The maximum Gasteiger partial charge on any atom is 0.333 e. The van der Waals surface area contributed by atoms with Crippen molar-refractivity contribution in [2.24, 2.45) is 0 Å². The van der Waals surface area contributed by atoms with Gasteiger partial charge in [-0.15, -0.1) is 0 Å². The fraction of sp³-hybridized carbons (Fsp3) is 0.571. The summed E-state index contributed by atoms with van der Waals surface area (Å²) in [5.74, 6) is -0.886. The van der Waals surface area contributed by atoms with Gasteiger partial charge in [0, 0.05) is 17.6 Å². The molecule has 0 amide bonds. The molecule has 0 aromatic carbocycles. The van der Waals surface area contributed by atoms with Crippen LogP contribution in [0.25, 0.3) is 0 Å². The lowest BCUT2D eigenvalue weighted by atomic mass is 10.0. The van der Waals surface area contributed by atoms with Gasteiger partial charge in [-0.05, 0) is 34.6 Å². The Hall–Kier alpha value is -1.58. The van der Waals surface area contributed by atoms with Gasteiger partial charge in [0.15, 0.2) is 0 Å². The van der Waals surface area contributed by atoms with Crippen molar-refractivity contribution in [2.75, 3.05) is 0 Å². The third kappa shape index (κ3) is 6.23. The minimum absolute atomic E-state index is 0.342. The first-order valence-corrected chi connectivity index (χ1v) is 5.80. The maximum atomic E-state index is 11.4. The lowest BCUT2D eigenvalue weighted by molar-refractivity contribution is -0.157. The van der Waals surface area contributed by atoms with Crippen molar-refractivity contribution in [2.45, 2.75) is 52.7 Å². The molecule has 0 spiro atoms. The average molecular weight is 254 g/mol. The average Bonchev–Trinajstić information content (AvgIpc) is 2.14. The SMILES string of the molecule is C=C(C)C(=O)OC(C)CC(C)(C)OC(=O)C(=C)C. The summed E-state index contributed by atoms with van der Waals surface area (Å²) in [6.07, 6.45) is 0.0486. The molecule has 0 heterocycles. The summed E-state index contributed by atoms with van der Waals surface area (Å²) >= 11 is 0. The molecule has 0 radical (unpaired) electrons. The van der Waals surface area contributed by atoms with E-state index in [1.807, 2.05) is 0 Å². The van der Waals surface area contributed by atoms with Crippen LogP contribution in [0.5, 0.6) is 0 Å². The molecular formula is C14H22O4. The number of carbonyl (C=O) groups excluding carboxylic acids is 2. The topological polar surface area (TPSA) is 52.6 Å². The smallest absolute Gasteiger partial charge is 0.333 e. The van der Waals surface area contributed by atoms with Gasteiger partial charge in [-0.3, -0.25) is 0 Å². The van der Waals surface area contributed by atoms with E-state index < -0.39 is 17.5 Å². The number of carbonyl (C=O) groups is 2. The molecule has 0 bridgehead atoms. The van der Waals surface area contributed by atoms with Gasteiger partial charge in [0.2, 0.25) is 0 Å². The van der Waals surface area contributed by atoms with E-state index in [0.717, 1.165) is 0 Å². The van der Waals surface area contributed by atoms with E-state index in [0.29, 0.717) is 17.6 Å². The number of ether oxygens (including phenoxy) is 2. The van der Waals surface area contributed by atoms with Crippen LogP contribution in [-0.2, 0) is 19.1 Å². The Morgan fingerprint density at radius 3 is 1.94 bits per heavy atom. The molecule has 0 aliphatic carbocycles. The lowest BCUT2D eigenvalue weighted by Gasteiger charge is -2.28. The van der Waals surface area contributed by atoms with Gasteiger partial charge in [-0.2, -0.15) is 0 Å². The highest BCUT2D eigenvalue weighted by atomic mass is 16.6. The van der Waals surface area contributed by atoms with Gasteiger partial charge in [-0.25, -0.2) is 9.59 Å². The molecule has 0 aliphatic rings. The molecule has 0 rings (SSSR count). The molecule has 4 heteroatoms. The second kappa shape index (κ2) is 6.38. The fourth-order valence-electron chi connectivity index (χ4n) is 1.40. The fourth-order valence-corrected chi connectivity index (χ4v) is 1.40. The Morgan fingerprint density at radius 2 is 1.56 bits per heavy atom. The molecule has 0 saturated heterocycles. The van der Waals surface area contributed by atoms with Crippen LogP contribution in [0.4, 0.5) is 0 Å². The normalized spacial score (nSPS) is 12.5. The third-order valence-corrected chi connectivity index (χ3v) is 2.15. The Balaban J connectivity index is 4.39. The summed E-state index contributed by atoms with van der Waals surface area (Å²) < 4.78 is 10.4. The Labute approximate surface area is 109 Å². The van der Waals surface area contributed by atoms with Gasteiger partial charge >= 0.3 is 11.9 Å². The highest BCUT2D eigenvalue weighted by Crippen LogP contribution is 2.20. The summed E-state index contributed by atoms with van der Waals surface area (Å²) in [6, 6.07) is 0.